The van der Waals surface area contributed by atoms with E-state index in [2.05, 4.69) is 30.4 Å². The minimum Gasteiger partial charge on any atom is -0.497 e. The maximum Gasteiger partial charge on any atom is 0.119 e. The first-order valence-corrected chi connectivity index (χ1v) is 7.66. The number of methoxy groups -OCH3 is 1. The molecule has 1 aliphatic rings. The number of hydrogen-bond donors (Lipinski definition) is 1. The fraction of sp³-hybridized carbons (Fsp3) is 0.647. The Morgan fingerprint density at radius 2 is 2.16 bits per heavy atom. The highest BCUT2D eigenvalue weighted by atomic mass is 16.5. The first-order chi connectivity index (χ1) is 9.28. The molecule has 1 aromatic carbocycles. The van der Waals surface area contributed by atoms with Gasteiger partial charge in [0.1, 0.15) is 5.75 Å². The Bertz CT molecular complexity index is 381. The lowest BCUT2D eigenvalue weighted by atomic mass is 9.83. The minimum atomic E-state index is 0.303. The normalized spacial score (nSPS) is 23.9. The van der Waals surface area contributed by atoms with Crippen molar-refractivity contribution in [3.05, 3.63) is 29.8 Å². The summed E-state index contributed by atoms with van der Waals surface area (Å²) in [6, 6.07) is 8.54. The maximum atomic E-state index is 5.34. The van der Waals surface area contributed by atoms with Crippen LogP contribution in [0.4, 0.5) is 0 Å². The number of benzene rings is 1. The van der Waals surface area contributed by atoms with Gasteiger partial charge in [-0.05, 0) is 49.9 Å². The van der Waals surface area contributed by atoms with Gasteiger partial charge in [-0.1, -0.05) is 38.3 Å². The van der Waals surface area contributed by atoms with Crippen molar-refractivity contribution >= 4 is 0 Å². The third-order valence-corrected chi connectivity index (χ3v) is 4.24. The highest BCUT2D eigenvalue weighted by molar-refractivity contribution is 5.29. The topological polar surface area (TPSA) is 21.3 Å². The van der Waals surface area contributed by atoms with E-state index in [-0.39, 0.29) is 0 Å². The lowest BCUT2D eigenvalue weighted by molar-refractivity contribution is 0.288. The average molecular weight is 261 g/mol. The molecule has 1 N–H and O–H groups in total. The molecule has 106 valence electrons. The molecule has 1 unspecified atom stereocenters. The summed E-state index contributed by atoms with van der Waals surface area (Å²) in [5, 5.41) is 3.84. The molecule has 2 rings (SSSR count). The van der Waals surface area contributed by atoms with Gasteiger partial charge >= 0.3 is 0 Å². The number of ether oxygens (including phenoxy) is 1. The summed E-state index contributed by atoms with van der Waals surface area (Å²) < 4.78 is 5.34. The van der Waals surface area contributed by atoms with Gasteiger partial charge in [-0.3, -0.25) is 0 Å². The van der Waals surface area contributed by atoms with Crippen molar-refractivity contribution in [3.8, 4) is 5.75 Å². The third kappa shape index (κ3) is 3.97. The molecule has 1 saturated heterocycles. The SMILES string of the molecule is CCCC1(Cc2cccc(OC)c2)CCCCCN1. The van der Waals surface area contributed by atoms with E-state index in [1.165, 1.54) is 50.6 Å². The predicted octanol–water partition coefficient (Wildman–Crippen LogP) is 3.94. The van der Waals surface area contributed by atoms with Gasteiger partial charge < -0.3 is 10.1 Å². The quantitative estimate of drug-likeness (QED) is 0.867. The summed E-state index contributed by atoms with van der Waals surface area (Å²) in [7, 11) is 1.74. The van der Waals surface area contributed by atoms with Crippen molar-refractivity contribution in [1.82, 2.24) is 5.32 Å². The number of rotatable bonds is 5. The summed E-state index contributed by atoms with van der Waals surface area (Å²) in [4.78, 5) is 0. The fourth-order valence-electron chi connectivity index (χ4n) is 3.31. The summed E-state index contributed by atoms with van der Waals surface area (Å²) in [5.74, 6) is 0.970. The Morgan fingerprint density at radius 1 is 1.26 bits per heavy atom. The molecule has 0 radical (unpaired) electrons. The van der Waals surface area contributed by atoms with Crippen molar-refractivity contribution in [2.75, 3.05) is 13.7 Å². The van der Waals surface area contributed by atoms with Crippen molar-refractivity contribution in [3.63, 3.8) is 0 Å². The van der Waals surface area contributed by atoms with Crippen LogP contribution in [0.1, 0.15) is 51.0 Å². The van der Waals surface area contributed by atoms with Crippen LogP contribution in [-0.4, -0.2) is 19.2 Å². The lowest BCUT2D eigenvalue weighted by Crippen LogP contribution is -2.46. The molecule has 0 aromatic heterocycles. The zero-order valence-electron chi connectivity index (χ0n) is 12.4. The number of nitrogens with one attached hydrogen (secondary N) is 1. The molecular weight excluding hydrogens is 234 g/mol. The lowest BCUT2D eigenvalue weighted by Gasteiger charge is -2.34. The molecule has 0 aliphatic carbocycles. The van der Waals surface area contributed by atoms with Crippen LogP contribution in [0.25, 0.3) is 0 Å². The van der Waals surface area contributed by atoms with Gasteiger partial charge in [-0.2, -0.15) is 0 Å². The van der Waals surface area contributed by atoms with E-state index in [0.29, 0.717) is 5.54 Å². The molecule has 0 spiro atoms. The van der Waals surface area contributed by atoms with Crippen LogP contribution < -0.4 is 10.1 Å². The smallest absolute Gasteiger partial charge is 0.119 e. The molecule has 2 heteroatoms. The van der Waals surface area contributed by atoms with E-state index in [1.54, 1.807) is 7.11 Å². The van der Waals surface area contributed by atoms with Crippen LogP contribution in [0.3, 0.4) is 0 Å². The van der Waals surface area contributed by atoms with Crippen molar-refractivity contribution in [1.29, 1.82) is 0 Å². The highest BCUT2D eigenvalue weighted by Crippen LogP contribution is 2.29. The van der Waals surface area contributed by atoms with Crippen LogP contribution in [0.5, 0.6) is 5.75 Å². The Kier molecular flexibility index (Phi) is 5.26. The predicted molar refractivity (Wildman–Crippen MR) is 80.8 cm³/mol. The largest absolute Gasteiger partial charge is 0.497 e. The monoisotopic (exact) mass is 261 g/mol. The van der Waals surface area contributed by atoms with E-state index >= 15 is 0 Å². The highest BCUT2D eigenvalue weighted by Gasteiger charge is 2.29. The molecule has 1 fully saturated rings. The molecule has 0 saturated carbocycles. The zero-order chi connectivity index (χ0) is 13.6. The van der Waals surface area contributed by atoms with Crippen molar-refractivity contribution in [2.45, 2.75) is 57.4 Å². The van der Waals surface area contributed by atoms with Gasteiger partial charge in [-0.25, -0.2) is 0 Å². The first kappa shape index (κ1) is 14.4. The van der Waals surface area contributed by atoms with Gasteiger partial charge in [0.15, 0.2) is 0 Å². The van der Waals surface area contributed by atoms with Gasteiger partial charge in [0.2, 0.25) is 0 Å². The van der Waals surface area contributed by atoms with E-state index in [1.807, 2.05) is 6.07 Å². The van der Waals surface area contributed by atoms with E-state index < -0.39 is 0 Å². The van der Waals surface area contributed by atoms with Crippen LogP contribution in [0.15, 0.2) is 24.3 Å². The Balaban J connectivity index is 2.14. The van der Waals surface area contributed by atoms with E-state index in [0.717, 1.165) is 12.2 Å². The Morgan fingerprint density at radius 3 is 2.95 bits per heavy atom. The van der Waals surface area contributed by atoms with Crippen molar-refractivity contribution in [2.24, 2.45) is 0 Å². The maximum absolute atomic E-state index is 5.34. The van der Waals surface area contributed by atoms with Crippen molar-refractivity contribution < 1.29 is 4.74 Å². The third-order valence-electron chi connectivity index (χ3n) is 4.24. The second-order valence-corrected chi connectivity index (χ2v) is 5.80. The minimum absolute atomic E-state index is 0.303. The second-order valence-electron chi connectivity index (χ2n) is 5.80. The molecule has 1 heterocycles. The van der Waals surface area contributed by atoms with Gasteiger partial charge in [0, 0.05) is 5.54 Å². The van der Waals surface area contributed by atoms with Crippen LogP contribution in [0.2, 0.25) is 0 Å². The Labute approximate surface area is 117 Å². The van der Waals surface area contributed by atoms with E-state index in [9.17, 15) is 0 Å². The standard InChI is InChI=1S/C17H27NO/c1-3-10-17(11-5-4-6-12-18-17)14-15-8-7-9-16(13-15)19-2/h7-9,13,18H,3-6,10-12,14H2,1-2H3. The zero-order valence-corrected chi connectivity index (χ0v) is 12.4. The van der Waals surface area contributed by atoms with Gasteiger partial charge in [-0.15, -0.1) is 0 Å². The van der Waals surface area contributed by atoms with Gasteiger partial charge in [0.25, 0.3) is 0 Å². The summed E-state index contributed by atoms with van der Waals surface area (Å²) >= 11 is 0. The summed E-state index contributed by atoms with van der Waals surface area (Å²) in [6.07, 6.45) is 8.99. The summed E-state index contributed by atoms with van der Waals surface area (Å²) in [6.45, 7) is 3.46. The fourth-order valence-corrected chi connectivity index (χ4v) is 3.31. The molecular formula is C17H27NO. The molecule has 0 amide bonds. The number of hydrogen-bond acceptors (Lipinski definition) is 2. The Hall–Kier alpha value is -1.02. The average Bonchev–Trinajstić information content (AvgIpc) is 2.65. The second kappa shape index (κ2) is 6.95. The van der Waals surface area contributed by atoms with Gasteiger partial charge in [0.05, 0.1) is 7.11 Å². The molecule has 2 nitrogen and oxygen atoms in total. The molecule has 0 bridgehead atoms. The molecule has 1 aromatic rings. The van der Waals surface area contributed by atoms with Crippen LogP contribution >= 0.6 is 0 Å². The molecule has 19 heavy (non-hydrogen) atoms. The summed E-state index contributed by atoms with van der Waals surface area (Å²) in [5.41, 5.74) is 1.69. The van der Waals surface area contributed by atoms with E-state index in [4.69, 9.17) is 4.74 Å². The van der Waals surface area contributed by atoms with Crippen LogP contribution in [0, 0.1) is 0 Å². The first-order valence-electron chi connectivity index (χ1n) is 7.66. The molecule has 1 aliphatic heterocycles. The molecule has 1 atom stereocenters. The van der Waals surface area contributed by atoms with Crippen LogP contribution in [-0.2, 0) is 6.42 Å².